The maximum absolute atomic E-state index is 12.6. The molecule has 0 aliphatic heterocycles. The fraction of sp³-hybridized carbons (Fsp3) is 0.438. The van der Waals surface area contributed by atoms with E-state index in [2.05, 4.69) is 29.4 Å². The Bertz CT molecular complexity index is 582. The van der Waals surface area contributed by atoms with Crippen molar-refractivity contribution in [1.29, 1.82) is 0 Å². The molecule has 0 bridgehead atoms. The number of hydrogen-bond donors (Lipinski definition) is 1. The Kier molecular flexibility index (Phi) is 5.44. The van der Waals surface area contributed by atoms with Gasteiger partial charge >= 0.3 is 0 Å². The fourth-order valence-corrected chi connectivity index (χ4v) is 2.95. The van der Waals surface area contributed by atoms with Gasteiger partial charge in [0.1, 0.15) is 5.01 Å². The summed E-state index contributed by atoms with van der Waals surface area (Å²) in [5.74, 6) is 0.102. The van der Waals surface area contributed by atoms with Gasteiger partial charge in [0.2, 0.25) is 11.0 Å². The molecule has 0 fully saturated rings. The summed E-state index contributed by atoms with van der Waals surface area (Å²) in [6.45, 7) is 6.24. The normalized spacial score (nSPS) is 13.7. The summed E-state index contributed by atoms with van der Waals surface area (Å²) in [6, 6.07) is 9.92. The predicted molar refractivity (Wildman–Crippen MR) is 86.6 cm³/mol. The molecule has 0 aliphatic rings. The lowest BCUT2D eigenvalue weighted by atomic mass is 9.85. The average Bonchev–Trinajstić information content (AvgIpc) is 2.96. The van der Waals surface area contributed by atoms with Gasteiger partial charge in [0.05, 0.1) is 5.92 Å². The molecule has 112 valence electrons. The van der Waals surface area contributed by atoms with Crippen LogP contribution in [-0.2, 0) is 11.2 Å². The molecule has 4 nitrogen and oxygen atoms in total. The van der Waals surface area contributed by atoms with Crippen LogP contribution in [0.25, 0.3) is 0 Å². The molecule has 0 radical (unpaired) electrons. The van der Waals surface area contributed by atoms with Gasteiger partial charge < -0.3 is 0 Å². The van der Waals surface area contributed by atoms with Crippen molar-refractivity contribution in [2.24, 2.45) is 5.92 Å². The van der Waals surface area contributed by atoms with Gasteiger partial charge in [0, 0.05) is 0 Å². The zero-order valence-electron chi connectivity index (χ0n) is 12.7. The molecule has 21 heavy (non-hydrogen) atoms. The third-order valence-electron chi connectivity index (χ3n) is 3.65. The first-order valence-electron chi connectivity index (χ1n) is 7.33. The molecule has 1 N–H and O–H groups in total. The van der Waals surface area contributed by atoms with Gasteiger partial charge in [-0.2, -0.15) is 0 Å². The highest BCUT2D eigenvalue weighted by atomic mass is 32.1. The van der Waals surface area contributed by atoms with Crippen LogP contribution in [0.3, 0.4) is 0 Å². The standard InChI is InChI=1S/C16H21N3OS/c1-4-11(3)14(12-9-7-6-8-10-12)15(20)17-16-19-18-13(5-2)21-16/h6-11,14H,4-5H2,1-3H3,(H,17,19,20)/t11-,14+/m1/s1. The second kappa shape index (κ2) is 7.31. The van der Waals surface area contributed by atoms with E-state index in [1.54, 1.807) is 0 Å². The molecule has 0 unspecified atom stereocenters. The lowest BCUT2D eigenvalue weighted by Gasteiger charge is -2.22. The highest BCUT2D eigenvalue weighted by Crippen LogP contribution is 2.29. The SMILES string of the molecule is CCc1nnc(NC(=O)[C@H](c2ccccc2)[C@H](C)CC)s1. The predicted octanol–water partition coefficient (Wildman–Crippen LogP) is 3.87. The molecule has 0 aliphatic carbocycles. The van der Waals surface area contributed by atoms with Crippen LogP contribution < -0.4 is 5.32 Å². The van der Waals surface area contributed by atoms with Crippen LogP contribution in [0.4, 0.5) is 5.13 Å². The highest BCUT2D eigenvalue weighted by Gasteiger charge is 2.26. The van der Waals surface area contributed by atoms with Crippen molar-refractivity contribution < 1.29 is 4.79 Å². The Morgan fingerprint density at radius 2 is 1.95 bits per heavy atom. The minimum Gasteiger partial charge on any atom is -0.300 e. The Hall–Kier alpha value is -1.75. The van der Waals surface area contributed by atoms with Gasteiger partial charge in [0.15, 0.2) is 0 Å². The van der Waals surface area contributed by atoms with E-state index < -0.39 is 0 Å². The van der Waals surface area contributed by atoms with Crippen LogP contribution in [0.15, 0.2) is 30.3 Å². The zero-order valence-corrected chi connectivity index (χ0v) is 13.5. The number of hydrogen-bond acceptors (Lipinski definition) is 4. The van der Waals surface area contributed by atoms with Gasteiger partial charge in [0.25, 0.3) is 0 Å². The molecule has 1 heterocycles. The third-order valence-corrected chi connectivity index (χ3v) is 4.64. The lowest BCUT2D eigenvalue weighted by Crippen LogP contribution is -2.26. The summed E-state index contributed by atoms with van der Waals surface area (Å²) >= 11 is 1.44. The quantitative estimate of drug-likeness (QED) is 0.881. The minimum atomic E-state index is -0.162. The number of aromatic nitrogens is 2. The second-order valence-corrected chi connectivity index (χ2v) is 6.18. The van der Waals surface area contributed by atoms with E-state index in [1.807, 2.05) is 37.3 Å². The van der Waals surface area contributed by atoms with E-state index in [4.69, 9.17) is 0 Å². The molecule has 1 amide bonds. The average molecular weight is 303 g/mol. The molecule has 2 rings (SSSR count). The van der Waals surface area contributed by atoms with Crippen molar-refractivity contribution >= 4 is 22.4 Å². The van der Waals surface area contributed by atoms with E-state index in [9.17, 15) is 4.79 Å². The van der Waals surface area contributed by atoms with Gasteiger partial charge in [-0.05, 0) is 17.9 Å². The number of amides is 1. The molecular weight excluding hydrogens is 282 g/mol. The van der Waals surface area contributed by atoms with E-state index in [1.165, 1.54) is 11.3 Å². The molecule has 0 spiro atoms. The molecular formula is C16H21N3OS. The first-order chi connectivity index (χ1) is 10.2. The number of nitrogens with zero attached hydrogens (tertiary/aromatic N) is 2. The van der Waals surface area contributed by atoms with Crippen molar-refractivity contribution in [2.45, 2.75) is 39.5 Å². The van der Waals surface area contributed by atoms with Gasteiger partial charge in [-0.3, -0.25) is 10.1 Å². The van der Waals surface area contributed by atoms with Gasteiger partial charge in [-0.1, -0.05) is 68.9 Å². The molecule has 2 aromatic rings. The van der Waals surface area contributed by atoms with Crippen LogP contribution >= 0.6 is 11.3 Å². The first-order valence-corrected chi connectivity index (χ1v) is 8.15. The number of nitrogens with one attached hydrogen (secondary N) is 1. The van der Waals surface area contributed by atoms with E-state index in [-0.39, 0.29) is 17.7 Å². The minimum absolute atomic E-state index is 0.00523. The Labute approximate surface area is 129 Å². The summed E-state index contributed by atoms with van der Waals surface area (Å²) in [7, 11) is 0. The van der Waals surface area contributed by atoms with Crippen molar-refractivity contribution in [3.05, 3.63) is 40.9 Å². The van der Waals surface area contributed by atoms with Crippen LogP contribution in [0.5, 0.6) is 0 Å². The summed E-state index contributed by atoms with van der Waals surface area (Å²) in [5.41, 5.74) is 1.05. The van der Waals surface area contributed by atoms with Gasteiger partial charge in [-0.25, -0.2) is 0 Å². The van der Waals surface area contributed by atoms with Gasteiger partial charge in [-0.15, -0.1) is 10.2 Å². The van der Waals surface area contributed by atoms with Crippen LogP contribution in [0.2, 0.25) is 0 Å². The van der Waals surface area contributed by atoms with Crippen molar-refractivity contribution in [2.75, 3.05) is 5.32 Å². The third kappa shape index (κ3) is 3.88. The number of benzene rings is 1. The first kappa shape index (κ1) is 15.6. The summed E-state index contributed by atoms with van der Waals surface area (Å²) in [6.07, 6.45) is 1.78. The Morgan fingerprint density at radius 1 is 1.24 bits per heavy atom. The number of carbonyl (C=O) groups excluding carboxylic acids is 1. The Balaban J connectivity index is 2.18. The summed E-state index contributed by atoms with van der Waals surface area (Å²) in [4.78, 5) is 12.6. The molecule has 0 saturated carbocycles. The molecule has 5 heteroatoms. The molecule has 1 aromatic heterocycles. The van der Waals surface area contributed by atoms with Crippen LogP contribution in [0.1, 0.15) is 43.7 Å². The Morgan fingerprint density at radius 3 is 2.52 bits per heavy atom. The zero-order chi connectivity index (χ0) is 15.2. The van der Waals surface area contributed by atoms with E-state index >= 15 is 0 Å². The number of rotatable bonds is 6. The maximum atomic E-state index is 12.6. The maximum Gasteiger partial charge on any atom is 0.234 e. The highest BCUT2D eigenvalue weighted by molar-refractivity contribution is 7.15. The van der Waals surface area contributed by atoms with Crippen molar-refractivity contribution in [3.63, 3.8) is 0 Å². The lowest BCUT2D eigenvalue weighted by molar-refractivity contribution is -0.118. The summed E-state index contributed by atoms with van der Waals surface area (Å²) < 4.78 is 0. The fourth-order valence-electron chi connectivity index (χ4n) is 2.26. The largest absolute Gasteiger partial charge is 0.300 e. The van der Waals surface area contributed by atoms with Crippen molar-refractivity contribution in [3.8, 4) is 0 Å². The van der Waals surface area contributed by atoms with E-state index in [0.717, 1.165) is 23.4 Å². The number of carbonyl (C=O) groups is 1. The summed E-state index contributed by atoms with van der Waals surface area (Å²) in [5, 5.41) is 12.5. The molecule has 0 saturated heterocycles. The van der Waals surface area contributed by atoms with E-state index in [0.29, 0.717) is 5.13 Å². The topological polar surface area (TPSA) is 54.9 Å². The molecule has 2 atom stereocenters. The smallest absolute Gasteiger partial charge is 0.234 e. The molecule has 1 aromatic carbocycles. The van der Waals surface area contributed by atoms with Crippen LogP contribution in [-0.4, -0.2) is 16.1 Å². The number of anilines is 1. The second-order valence-electron chi connectivity index (χ2n) is 5.12. The monoisotopic (exact) mass is 303 g/mol. The number of aryl methyl sites for hydroxylation is 1. The van der Waals surface area contributed by atoms with Crippen molar-refractivity contribution in [1.82, 2.24) is 10.2 Å². The van der Waals surface area contributed by atoms with Crippen LogP contribution in [0, 0.1) is 5.92 Å².